The number of para-hydroxylation sites is 1. The molecule has 0 unspecified atom stereocenters. The zero-order valence-corrected chi connectivity index (χ0v) is 16.5. The number of rotatable bonds is 9. The molecule has 0 aliphatic carbocycles. The Labute approximate surface area is 166 Å². The molecule has 1 atom stereocenters. The quantitative estimate of drug-likeness (QED) is 0.547. The molecule has 0 aromatic heterocycles. The molecular weight excluding hydrogens is 350 g/mol. The summed E-state index contributed by atoms with van der Waals surface area (Å²) in [5.41, 5.74) is 1.17. The highest BCUT2D eigenvalue weighted by atomic mass is 16.5. The average molecular weight is 377 g/mol. The Balaban J connectivity index is 1.50. The first-order valence-electron chi connectivity index (χ1n) is 9.82. The lowest BCUT2D eigenvalue weighted by atomic mass is 10.1. The minimum absolute atomic E-state index is 0.106. The van der Waals surface area contributed by atoms with Crippen LogP contribution < -0.4 is 14.8 Å². The van der Waals surface area contributed by atoms with E-state index in [1.807, 2.05) is 67.6 Å². The smallest absolute Gasteiger partial charge is 0.260 e. The number of nitrogens with one attached hydrogen (secondary N) is 1. The van der Waals surface area contributed by atoms with E-state index < -0.39 is 6.10 Å². The summed E-state index contributed by atoms with van der Waals surface area (Å²) in [5, 5.41) is 5.08. The number of amides is 1. The van der Waals surface area contributed by atoms with Gasteiger partial charge in [-0.1, -0.05) is 54.6 Å². The van der Waals surface area contributed by atoms with Crippen molar-refractivity contribution in [2.24, 2.45) is 0 Å². The number of aryl methyl sites for hydroxylation is 1. The van der Waals surface area contributed by atoms with E-state index in [-0.39, 0.29) is 5.91 Å². The third kappa shape index (κ3) is 5.03. The Morgan fingerprint density at radius 1 is 0.964 bits per heavy atom. The van der Waals surface area contributed by atoms with Crippen molar-refractivity contribution in [2.75, 3.05) is 13.2 Å². The van der Waals surface area contributed by atoms with Crippen LogP contribution in [-0.4, -0.2) is 25.2 Å². The van der Waals surface area contributed by atoms with Crippen LogP contribution >= 0.6 is 0 Å². The number of carbonyl (C=O) groups is 1. The molecule has 3 aromatic rings. The summed E-state index contributed by atoms with van der Waals surface area (Å²) < 4.78 is 11.6. The minimum Gasteiger partial charge on any atom is -0.494 e. The second-order valence-corrected chi connectivity index (χ2v) is 6.67. The van der Waals surface area contributed by atoms with Gasteiger partial charge < -0.3 is 14.8 Å². The van der Waals surface area contributed by atoms with Gasteiger partial charge in [-0.3, -0.25) is 4.79 Å². The van der Waals surface area contributed by atoms with E-state index in [2.05, 4.69) is 11.4 Å². The first-order valence-corrected chi connectivity index (χ1v) is 9.82. The molecule has 28 heavy (non-hydrogen) atoms. The largest absolute Gasteiger partial charge is 0.494 e. The van der Waals surface area contributed by atoms with Crippen molar-refractivity contribution in [1.82, 2.24) is 5.32 Å². The van der Waals surface area contributed by atoms with Gasteiger partial charge in [-0.15, -0.1) is 0 Å². The summed E-state index contributed by atoms with van der Waals surface area (Å²) >= 11 is 0. The van der Waals surface area contributed by atoms with Gasteiger partial charge in [-0.2, -0.15) is 0 Å². The second-order valence-electron chi connectivity index (χ2n) is 6.67. The highest BCUT2D eigenvalue weighted by Crippen LogP contribution is 2.26. The van der Waals surface area contributed by atoms with Crippen LogP contribution in [0.15, 0.2) is 66.7 Å². The molecule has 4 heteroatoms. The van der Waals surface area contributed by atoms with Crippen LogP contribution in [0, 0.1) is 0 Å². The van der Waals surface area contributed by atoms with Crippen molar-refractivity contribution in [3.63, 3.8) is 0 Å². The third-order valence-electron chi connectivity index (χ3n) is 4.62. The highest BCUT2D eigenvalue weighted by Gasteiger charge is 2.15. The van der Waals surface area contributed by atoms with E-state index in [1.54, 1.807) is 6.92 Å². The lowest BCUT2D eigenvalue weighted by molar-refractivity contribution is -0.127. The molecule has 4 nitrogen and oxygen atoms in total. The van der Waals surface area contributed by atoms with Gasteiger partial charge in [-0.25, -0.2) is 0 Å². The molecule has 0 saturated heterocycles. The van der Waals surface area contributed by atoms with Gasteiger partial charge >= 0.3 is 0 Å². The molecule has 0 heterocycles. The number of benzene rings is 3. The van der Waals surface area contributed by atoms with Gasteiger partial charge in [0.15, 0.2) is 6.10 Å². The molecule has 0 aliphatic rings. The van der Waals surface area contributed by atoms with Gasteiger partial charge in [0.1, 0.15) is 11.5 Å². The van der Waals surface area contributed by atoms with E-state index in [1.165, 1.54) is 5.56 Å². The number of ether oxygens (including phenoxy) is 2. The summed E-state index contributed by atoms with van der Waals surface area (Å²) in [7, 11) is 0. The summed E-state index contributed by atoms with van der Waals surface area (Å²) in [6.07, 6.45) is 1.15. The van der Waals surface area contributed by atoms with E-state index in [4.69, 9.17) is 9.47 Å². The van der Waals surface area contributed by atoms with Crippen molar-refractivity contribution in [1.29, 1.82) is 0 Å². The van der Waals surface area contributed by atoms with Gasteiger partial charge in [0.2, 0.25) is 0 Å². The summed E-state index contributed by atoms with van der Waals surface area (Å²) in [4.78, 5) is 12.4. The molecule has 146 valence electrons. The molecule has 0 radical (unpaired) electrons. The predicted octanol–water partition coefficient (Wildman–Crippen LogP) is 4.75. The van der Waals surface area contributed by atoms with E-state index in [0.717, 1.165) is 35.1 Å². The fourth-order valence-corrected chi connectivity index (χ4v) is 3.18. The molecule has 0 bridgehead atoms. The van der Waals surface area contributed by atoms with Crippen LogP contribution in [0.1, 0.15) is 25.8 Å². The molecule has 1 N–H and O–H groups in total. The molecule has 0 aliphatic heterocycles. The zero-order chi connectivity index (χ0) is 19.8. The molecule has 0 fully saturated rings. The summed E-state index contributed by atoms with van der Waals surface area (Å²) in [6, 6.07) is 21.9. The standard InChI is InChI=1S/C24H27NO3/c1-3-27-22-15-7-5-11-20(22)13-9-17-25-24(26)18(2)28-23-16-8-12-19-10-4-6-14-21(19)23/h4-8,10-12,14-16,18H,3,9,13,17H2,1-2H3,(H,25,26)/t18-/m1/s1. The Bertz CT molecular complexity index is 917. The topological polar surface area (TPSA) is 47.6 Å². The maximum Gasteiger partial charge on any atom is 0.260 e. The highest BCUT2D eigenvalue weighted by molar-refractivity contribution is 5.89. The third-order valence-corrected chi connectivity index (χ3v) is 4.62. The van der Waals surface area contributed by atoms with E-state index in [9.17, 15) is 4.79 Å². The van der Waals surface area contributed by atoms with Crippen LogP contribution in [0.25, 0.3) is 10.8 Å². The molecular formula is C24H27NO3. The molecule has 0 spiro atoms. The first-order chi connectivity index (χ1) is 13.7. The number of carbonyl (C=O) groups excluding carboxylic acids is 1. The van der Waals surface area contributed by atoms with Gasteiger partial charge in [0.25, 0.3) is 5.91 Å². The second kappa shape index (κ2) is 9.79. The van der Waals surface area contributed by atoms with Crippen LogP contribution in [0.2, 0.25) is 0 Å². The molecule has 3 aromatic carbocycles. The Morgan fingerprint density at radius 2 is 1.68 bits per heavy atom. The van der Waals surface area contributed by atoms with Crippen molar-refractivity contribution in [3.8, 4) is 11.5 Å². The van der Waals surface area contributed by atoms with Crippen LogP contribution in [-0.2, 0) is 11.2 Å². The average Bonchev–Trinajstić information content (AvgIpc) is 2.72. The van der Waals surface area contributed by atoms with Crippen LogP contribution in [0.4, 0.5) is 0 Å². The maximum absolute atomic E-state index is 12.4. The van der Waals surface area contributed by atoms with E-state index in [0.29, 0.717) is 13.2 Å². The summed E-state index contributed by atoms with van der Waals surface area (Å²) in [6.45, 7) is 5.01. The Hall–Kier alpha value is -3.01. The lowest BCUT2D eigenvalue weighted by Crippen LogP contribution is -2.37. The minimum atomic E-state index is -0.554. The molecule has 3 rings (SSSR count). The fraction of sp³-hybridized carbons (Fsp3) is 0.292. The molecule has 0 saturated carbocycles. The van der Waals surface area contributed by atoms with Crippen molar-refractivity contribution in [2.45, 2.75) is 32.8 Å². The Kier molecular flexibility index (Phi) is 6.90. The van der Waals surface area contributed by atoms with Crippen LogP contribution in [0.3, 0.4) is 0 Å². The van der Waals surface area contributed by atoms with E-state index >= 15 is 0 Å². The first kappa shape index (κ1) is 19.7. The SMILES string of the molecule is CCOc1ccccc1CCCNC(=O)[C@@H](C)Oc1cccc2ccccc12. The number of fused-ring (bicyclic) bond motifs is 1. The van der Waals surface area contributed by atoms with Gasteiger partial charge in [0.05, 0.1) is 6.61 Å². The molecule has 1 amide bonds. The van der Waals surface area contributed by atoms with Crippen molar-refractivity contribution < 1.29 is 14.3 Å². The maximum atomic E-state index is 12.4. The lowest BCUT2D eigenvalue weighted by Gasteiger charge is -2.16. The van der Waals surface area contributed by atoms with Gasteiger partial charge in [0, 0.05) is 11.9 Å². The number of hydrogen-bond acceptors (Lipinski definition) is 3. The van der Waals surface area contributed by atoms with Crippen molar-refractivity contribution >= 4 is 16.7 Å². The Morgan fingerprint density at radius 3 is 2.54 bits per heavy atom. The monoisotopic (exact) mass is 377 g/mol. The van der Waals surface area contributed by atoms with Crippen molar-refractivity contribution in [3.05, 3.63) is 72.3 Å². The van der Waals surface area contributed by atoms with Crippen LogP contribution in [0.5, 0.6) is 11.5 Å². The predicted molar refractivity (Wildman–Crippen MR) is 113 cm³/mol. The zero-order valence-electron chi connectivity index (χ0n) is 16.5. The summed E-state index contributed by atoms with van der Waals surface area (Å²) in [5.74, 6) is 1.54. The normalized spacial score (nSPS) is 11.8. The number of hydrogen-bond donors (Lipinski definition) is 1. The van der Waals surface area contributed by atoms with Gasteiger partial charge in [-0.05, 0) is 49.8 Å². The fourth-order valence-electron chi connectivity index (χ4n) is 3.18.